The summed E-state index contributed by atoms with van der Waals surface area (Å²) in [6.45, 7) is 1.31. The van der Waals surface area contributed by atoms with Gasteiger partial charge in [-0.25, -0.2) is 4.99 Å². The number of halogens is 1. The van der Waals surface area contributed by atoms with Crippen LogP contribution >= 0.6 is 11.6 Å². The van der Waals surface area contributed by atoms with E-state index in [1.54, 1.807) is 4.90 Å². The number of carbonyl (C=O) groups excluding carboxylic acids is 1. The van der Waals surface area contributed by atoms with Crippen LogP contribution in [-0.2, 0) is 4.79 Å². The molecular weight excluding hydrogens is 384 g/mol. The van der Waals surface area contributed by atoms with Crippen molar-refractivity contribution in [2.45, 2.75) is 19.3 Å². The first-order valence-corrected chi connectivity index (χ1v) is 10.3. The summed E-state index contributed by atoms with van der Waals surface area (Å²) >= 11 is 6.33. The smallest absolute Gasteiger partial charge is 0.284 e. The molecule has 2 aromatic rings. The average Bonchev–Trinajstić information content (AvgIpc) is 2.96. The van der Waals surface area contributed by atoms with Crippen molar-refractivity contribution in [1.29, 1.82) is 0 Å². The van der Waals surface area contributed by atoms with Crippen LogP contribution < -0.4 is 4.90 Å². The number of hydrogen-bond acceptors (Lipinski definition) is 4. The van der Waals surface area contributed by atoms with Crippen LogP contribution in [0.3, 0.4) is 0 Å². The van der Waals surface area contributed by atoms with Gasteiger partial charge in [-0.15, -0.1) is 0 Å². The molecule has 6 heteroatoms. The van der Waals surface area contributed by atoms with E-state index in [-0.39, 0.29) is 5.91 Å². The van der Waals surface area contributed by atoms with Crippen LogP contribution in [0.1, 0.15) is 30.4 Å². The maximum atomic E-state index is 13.5. The van der Waals surface area contributed by atoms with Gasteiger partial charge in [0, 0.05) is 35.4 Å². The molecule has 1 fully saturated rings. The molecule has 0 atom stereocenters. The number of aliphatic imine (C=N–C) groups is 2. The van der Waals surface area contributed by atoms with Gasteiger partial charge in [0.25, 0.3) is 5.91 Å². The Balaban J connectivity index is 1.67. The number of allylic oxidation sites excluding steroid dienone is 1. The fourth-order valence-electron chi connectivity index (χ4n) is 4.23. The van der Waals surface area contributed by atoms with E-state index in [1.165, 1.54) is 0 Å². The molecule has 146 valence electrons. The second-order valence-corrected chi connectivity index (χ2v) is 7.97. The summed E-state index contributed by atoms with van der Waals surface area (Å²) < 4.78 is 0. The van der Waals surface area contributed by atoms with Crippen LogP contribution in [0.25, 0.3) is 0 Å². The highest BCUT2D eigenvalue weighted by Gasteiger charge is 2.37. The molecule has 3 aliphatic heterocycles. The lowest BCUT2D eigenvalue weighted by Crippen LogP contribution is -2.34. The molecule has 0 N–H and O–H groups in total. The summed E-state index contributed by atoms with van der Waals surface area (Å²) in [5, 5.41) is 0.616. The van der Waals surface area contributed by atoms with Gasteiger partial charge in [0.05, 0.1) is 17.9 Å². The van der Waals surface area contributed by atoms with Crippen molar-refractivity contribution in [3.63, 3.8) is 0 Å². The predicted molar refractivity (Wildman–Crippen MR) is 117 cm³/mol. The van der Waals surface area contributed by atoms with Gasteiger partial charge in [-0.1, -0.05) is 41.9 Å². The molecule has 5 rings (SSSR count). The van der Waals surface area contributed by atoms with Crippen molar-refractivity contribution in [2.24, 2.45) is 9.98 Å². The molecule has 0 saturated carbocycles. The number of anilines is 1. The maximum Gasteiger partial charge on any atom is 0.284 e. The van der Waals surface area contributed by atoms with Gasteiger partial charge in [-0.05, 0) is 37.5 Å². The lowest BCUT2D eigenvalue weighted by molar-refractivity contribution is -0.114. The molecule has 1 saturated heterocycles. The van der Waals surface area contributed by atoms with Crippen molar-refractivity contribution < 1.29 is 4.79 Å². The van der Waals surface area contributed by atoms with E-state index < -0.39 is 0 Å². The Morgan fingerprint density at radius 1 is 1.07 bits per heavy atom. The molecule has 0 bridgehead atoms. The molecule has 0 spiro atoms. The monoisotopic (exact) mass is 404 g/mol. The minimum atomic E-state index is -0.0724. The average molecular weight is 405 g/mol. The highest BCUT2D eigenvalue weighted by molar-refractivity contribution is 6.34. The van der Waals surface area contributed by atoms with Gasteiger partial charge in [-0.3, -0.25) is 14.7 Å². The number of rotatable bonds is 1. The third-order valence-electron chi connectivity index (χ3n) is 5.68. The molecule has 3 aliphatic rings. The van der Waals surface area contributed by atoms with Crippen LogP contribution in [0.5, 0.6) is 0 Å². The van der Waals surface area contributed by atoms with Crippen molar-refractivity contribution in [2.75, 3.05) is 25.0 Å². The van der Waals surface area contributed by atoms with Gasteiger partial charge < -0.3 is 4.90 Å². The number of benzene rings is 2. The Morgan fingerprint density at radius 3 is 2.69 bits per heavy atom. The molecule has 29 heavy (non-hydrogen) atoms. The summed E-state index contributed by atoms with van der Waals surface area (Å²) in [6, 6.07) is 15.6. The molecule has 0 unspecified atom stereocenters. The SMILES string of the molecule is CN1CCCC/C1=C1\N=C2CN=C(c3ccccc3)c3cc(Cl)ccc3N2C1=O. The van der Waals surface area contributed by atoms with Crippen LogP contribution in [0.15, 0.2) is 69.9 Å². The van der Waals surface area contributed by atoms with E-state index in [1.807, 2.05) is 55.6 Å². The highest BCUT2D eigenvalue weighted by atomic mass is 35.5. The van der Waals surface area contributed by atoms with Gasteiger partial charge in [-0.2, -0.15) is 0 Å². The summed E-state index contributed by atoms with van der Waals surface area (Å²) in [4.78, 5) is 27.0. The first-order chi connectivity index (χ1) is 14.1. The second kappa shape index (κ2) is 7.16. The number of amidine groups is 1. The van der Waals surface area contributed by atoms with Crippen molar-refractivity contribution in [3.8, 4) is 0 Å². The van der Waals surface area contributed by atoms with E-state index in [0.717, 1.165) is 54.0 Å². The van der Waals surface area contributed by atoms with Crippen molar-refractivity contribution >= 4 is 34.7 Å². The molecule has 2 aromatic carbocycles. The van der Waals surface area contributed by atoms with Crippen molar-refractivity contribution in [3.05, 3.63) is 76.1 Å². The number of carbonyl (C=O) groups is 1. The van der Waals surface area contributed by atoms with E-state index in [4.69, 9.17) is 21.6 Å². The lowest BCUT2D eigenvalue weighted by atomic mass is 10.00. The third kappa shape index (κ3) is 3.06. The highest BCUT2D eigenvalue weighted by Crippen LogP contribution is 2.35. The van der Waals surface area contributed by atoms with Crippen molar-refractivity contribution in [1.82, 2.24) is 4.90 Å². The van der Waals surface area contributed by atoms with Crippen LogP contribution in [0.4, 0.5) is 5.69 Å². The largest absolute Gasteiger partial charge is 0.376 e. The van der Waals surface area contributed by atoms with Crippen LogP contribution in [0, 0.1) is 0 Å². The minimum absolute atomic E-state index is 0.0724. The first kappa shape index (κ1) is 18.1. The zero-order valence-electron chi connectivity index (χ0n) is 16.2. The van der Waals surface area contributed by atoms with Crippen LogP contribution in [0.2, 0.25) is 5.02 Å². The summed E-state index contributed by atoms with van der Waals surface area (Å²) in [5.41, 5.74) is 5.05. The van der Waals surface area contributed by atoms with Gasteiger partial charge in [0.2, 0.25) is 0 Å². The number of nitrogens with zero attached hydrogens (tertiary/aromatic N) is 4. The second-order valence-electron chi connectivity index (χ2n) is 7.53. The Bertz CT molecular complexity index is 1090. The quantitative estimate of drug-likeness (QED) is 0.666. The lowest BCUT2D eigenvalue weighted by Gasteiger charge is -2.28. The molecule has 0 aromatic heterocycles. The summed E-state index contributed by atoms with van der Waals surface area (Å²) in [7, 11) is 2.04. The molecule has 3 heterocycles. The molecule has 0 radical (unpaired) electrons. The topological polar surface area (TPSA) is 48.3 Å². The number of piperidine rings is 1. The fourth-order valence-corrected chi connectivity index (χ4v) is 4.40. The molecule has 1 amide bonds. The predicted octanol–water partition coefficient (Wildman–Crippen LogP) is 4.26. The minimum Gasteiger partial charge on any atom is -0.376 e. The van der Waals surface area contributed by atoms with Gasteiger partial charge >= 0.3 is 0 Å². The van der Waals surface area contributed by atoms with E-state index >= 15 is 0 Å². The molecule has 0 aliphatic carbocycles. The fraction of sp³-hybridized carbons (Fsp3) is 0.261. The Morgan fingerprint density at radius 2 is 1.90 bits per heavy atom. The number of hydrogen-bond donors (Lipinski definition) is 0. The Hall–Kier alpha value is -2.92. The van der Waals surface area contributed by atoms with E-state index in [9.17, 15) is 4.79 Å². The zero-order chi connectivity index (χ0) is 20.0. The van der Waals surface area contributed by atoms with Gasteiger partial charge in [0.1, 0.15) is 11.5 Å². The third-order valence-corrected chi connectivity index (χ3v) is 5.91. The standard InChI is InChI=1S/C23H21ClN4O/c1-27-12-6-5-9-19(27)22-23(29)28-18-11-10-16(24)13-17(18)21(25-14-20(28)26-22)15-7-3-2-4-8-15/h2-4,7-8,10-11,13H,5-6,9,12,14H2,1H3/b22-19+. The van der Waals surface area contributed by atoms with Crippen LogP contribution in [-0.4, -0.2) is 42.5 Å². The van der Waals surface area contributed by atoms with E-state index in [0.29, 0.717) is 23.1 Å². The Labute approximate surface area is 175 Å². The summed E-state index contributed by atoms with van der Waals surface area (Å²) in [5.74, 6) is 0.600. The zero-order valence-corrected chi connectivity index (χ0v) is 17.0. The first-order valence-electron chi connectivity index (χ1n) is 9.89. The van der Waals surface area contributed by atoms with E-state index in [2.05, 4.69) is 4.90 Å². The number of likely N-dealkylation sites (tertiary alicyclic amines) is 1. The maximum absolute atomic E-state index is 13.5. The molecule has 5 nitrogen and oxygen atoms in total. The summed E-state index contributed by atoms with van der Waals surface area (Å²) in [6.07, 6.45) is 3.12. The normalized spacial score (nSPS) is 21.4. The number of fused-ring (bicyclic) bond motifs is 3. The molecular formula is C23H21ClN4O. The van der Waals surface area contributed by atoms with Gasteiger partial charge in [0.15, 0.2) is 0 Å². The Kier molecular flexibility index (Phi) is 4.47. The number of amides is 1.